The zero-order chi connectivity index (χ0) is 21.1. The molecule has 7 nitrogen and oxygen atoms in total. The predicted molar refractivity (Wildman–Crippen MR) is 113 cm³/mol. The quantitative estimate of drug-likeness (QED) is 0.687. The molecular formula is C22H24N4O3. The molecule has 0 bridgehead atoms. The standard InChI is InChI=1S/C22H24N4O3/c1-13-6-7-14(2)20(10-13)26-15(3)18(12-23-26)22(28)25-19-11-17(24-16(4)27)8-9-21(19)29-5/h6-12H,1-5H3,(H,24,27)(H,25,28). The fraction of sp³-hybridized carbons (Fsp3) is 0.227. The molecule has 150 valence electrons. The summed E-state index contributed by atoms with van der Waals surface area (Å²) in [5, 5.41) is 9.97. The van der Waals surface area contributed by atoms with Gasteiger partial charge in [-0.1, -0.05) is 12.1 Å². The molecule has 0 unspecified atom stereocenters. The molecule has 0 aliphatic heterocycles. The smallest absolute Gasteiger partial charge is 0.259 e. The number of methoxy groups -OCH3 is 1. The van der Waals surface area contributed by atoms with E-state index in [0.717, 1.165) is 22.5 Å². The average molecular weight is 392 g/mol. The van der Waals surface area contributed by atoms with E-state index in [1.807, 2.05) is 39.0 Å². The summed E-state index contributed by atoms with van der Waals surface area (Å²) in [4.78, 5) is 24.2. The molecule has 2 aromatic carbocycles. The molecule has 0 aliphatic carbocycles. The Hall–Kier alpha value is -3.61. The monoisotopic (exact) mass is 392 g/mol. The zero-order valence-electron chi connectivity index (χ0n) is 17.2. The number of ether oxygens (including phenoxy) is 1. The molecule has 0 fully saturated rings. The van der Waals surface area contributed by atoms with Gasteiger partial charge in [-0.25, -0.2) is 4.68 Å². The van der Waals surface area contributed by atoms with Crippen molar-refractivity contribution in [3.05, 3.63) is 65.0 Å². The minimum absolute atomic E-state index is 0.196. The van der Waals surface area contributed by atoms with Gasteiger partial charge < -0.3 is 15.4 Å². The lowest BCUT2D eigenvalue weighted by Crippen LogP contribution is -2.14. The molecule has 2 amide bonds. The number of aryl methyl sites for hydroxylation is 2. The van der Waals surface area contributed by atoms with Crippen LogP contribution in [0, 0.1) is 20.8 Å². The number of amides is 2. The second-order valence-electron chi connectivity index (χ2n) is 6.90. The molecule has 1 heterocycles. The average Bonchev–Trinajstić information content (AvgIpc) is 3.05. The summed E-state index contributed by atoms with van der Waals surface area (Å²) < 4.78 is 7.09. The lowest BCUT2D eigenvalue weighted by Gasteiger charge is -2.13. The Balaban J connectivity index is 1.92. The lowest BCUT2D eigenvalue weighted by atomic mass is 10.1. The summed E-state index contributed by atoms with van der Waals surface area (Å²) in [6.45, 7) is 7.31. The van der Waals surface area contributed by atoms with E-state index in [9.17, 15) is 9.59 Å². The Kier molecular flexibility index (Phi) is 5.68. The number of anilines is 2. The van der Waals surface area contributed by atoms with Crippen LogP contribution in [-0.2, 0) is 4.79 Å². The van der Waals surface area contributed by atoms with Crippen molar-refractivity contribution in [1.82, 2.24) is 9.78 Å². The zero-order valence-corrected chi connectivity index (χ0v) is 17.2. The molecule has 0 saturated heterocycles. The number of rotatable bonds is 5. The first-order valence-electron chi connectivity index (χ1n) is 9.19. The summed E-state index contributed by atoms with van der Waals surface area (Å²) >= 11 is 0. The van der Waals surface area contributed by atoms with E-state index >= 15 is 0 Å². The highest BCUT2D eigenvalue weighted by Crippen LogP contribution is 2.29. The van der Waals surface area contributed by atoms with Gasteiger partial charge in [-0.2, -0.15) is 5.10 Å². The van der Waals surface area contributed by atoms with Gasteiger partial charge in [-0.05, 0) is 56.2 Å². The van der Waals surface area contributed by atoms with Crippen LogP contribution in [0.4, 0.5) is 11.4 Å². The van der Waals surface area contributed by atoms with Crippen molar-refractivity contribution in [3.8, 4) is 11.4 Å². The molecule has 0 radical (unpaired) electrons. The number of aromatic nitrogens is 2. The molecule has 3 rings (SSSR count). The summed E-state index contributed by atoms with van der Waals surface area (Å²) in [6.07, 6.45) is 1.55. The van der Waals surface area contributed by atoms with E-state index in [-0.39, 0.29) is 11.8 Å². The second-order valence-corrected chi connectivity index (χ2v) is 6.90. The normalized spacial score (nSPS) is 10.5. The van der Waals surface area contributed by atoms with Gasteiger partial charge >= 0.3 is 0 Å². The Bertz CT molecular complexity index is 1090. The highest BCUT2D eigenvalue weighted by Gasteiger charge is 2.18. The van der Waals surface area contributed by atoms with E-state index in [1.54, 1.807) is 29.1 Å². The fourth-order valence-corrected chi connectivity index (χ4v) is 3.10. The van der Waals surface area contributed by atoms with Crippen LogP contribution in [0.15, 0.2) is 42.6 Å². The first kappa shape index (κ1) is 20.1. The van der Waals surface area contributed by atoms with Gasteiger partial charge in [-0.15, -0.1) is 0 Å². The first-order valence-corrected chi connectivity index (χ1v) is 9.19. The molecule has 29 heavy (non-hydrogen) atoms. The maximum Gasteiger partial charge on any atom is 0.259 e. The third-order valence-electron chi connectivity index (χ3n) is 4.62. The second kappa shape index (κ2) is 8.18. The Morgan fingerprint density at radius 3 is 2.48 bits per heavy atom. The number of nitrogens with zero attached hydrogens (tertiary/aromatic N) is 2. The number of hydrogen-bond acceptors (Lipinski definition) is 4. The summed E-state index contributed by atoms with van der Waals surface area (Å²) in [5.74, 6) is -0.0116. The van der Waals surface area contributed by atoms with Crippen LogP contribution in [-0.4, -0.2) is 28.7 Å². The molecule has 0 aliphatic rings. The fourth-order valence-electron chi connectivity index (χ4n) is 3.10. The van der Waals surface area contributed by atoms with Crippen LogP contribution in [0.1, 0.15) is 34.1 Å². The SMILES string of the molecule is COc1ccc(NC(C)=O)cc1NC(=O)c1cnn(-c2cc(C)ccc2C)c1C. The molecule has 7 heteroatoms. The van der Waals surface area contributed by atoms with Gasteiger partial charge in [0.25, 0.3) is 5.91 Å². The van der Waals surface area contributed by atoms with Crippen LogP contribution in [0.5, 0.6) is 5.75 Å². The first-order chi connectivity index (χ1) is 13.8. The van der Waals surface area contributed by atoms with Gasteiger partial charge in [-0.3, -0.25) is 9.59 Å². The van der Waals surface area contributed by atoms with E-state index in [1.165, 1.54) is 14.0 Å². The van der Waals surface area contributed by atoms with Crippen LogP contribution < -0.4 is 15.4 Å². The van der Waals surface area contributed by atoms with E-state index in [2.05, 4.69) is 15.7 Å². The number of carbonyl (C=O) groups is 2. The minimum atomic E-state index is -0.308. The van der Waals surface area contributed by atoms with Crippen molar-refractivity contribution in [1.29, 1.82) is 0 Å². The third kappa shape index (κ3) is 4.29. The maximum absolute atomic E-state index is 12.9. The number of hydrogen-bond donors (Lipinski definition) is 2. The molecule has 3 aromatic rings. The lowest BCUT2D eigenvalue weighted by molar-refractivity contribution is -0.114. The molecule has 0 saturated carbocycles. The van der Waals surface area contributed by atoms with Gasteiger partial charge in [0.1, 0.15) is 5.75 Å². The maximum atomic E-state index is 12.9. The van der Waals surface area contributed by atoms with Crippen molar-refractivity contribution in [2.24, 2.45) is 0 Å². The predicted octanol–water partition coefficient (Wildman–Crippen LogP) is 4.02. The molecular weight excluding hydrogens is 368 g/mol. The van der Waals surface area contributed by atoms with E-state index in [4.69, 9.17) is 4.74 Å². The topological polar surface area (TPSA) is 85.2 Å². The van der Waals surface area contributed by atoms with E-state index < -0.39 is 0 Å². The highest BCUT2D eigenvalue weighted by atomic mass is 16.5. The van der Waals surface area contributed by atoms with Crippen LogP contribution in [0.2, 0.25) is 0 Å². The molecule has 0 spiro atoms. The van der Waals surface area contributed by atoms with Crippen molar-refractivity contribution in [2.75, 3.05) is 17.7 Å². The summed E-state index contributed by atoms with van der Waals surface area (Å²) in [7, 11) is 1.52. The van der Waals surface area contributed by atoms with Crippen molar-refractivity contribution in [2.45, 2.75) is 27.7 Å². The van der Waals surface area contributed by atoms with Crippen LogP contribution >= 0.6 is 0 Å². The number of benzene rings is 2. The van der Waals surface area contributed by atoms with Gasteiger partial charge in [0, 0.05) is 12.6 Å². The summed E-state index contributed by atoms with van der Waals surface area (Å²) in [6, 6.07) is 11.2. The minimum Gasteiger partial charge on any atom is -0.495 e. The summed E-state index contributed by atoms with van der Waals surface area (Å²) in [5.41, 5.74) is 5.33. The third-order valence-corrected chi connectivity index (χ3v) is 4.62. The van der Waals surface area contributed by atoms with Gasteiger partial charge in [0.05, 0.1) is 35.9 Å². The van der Waals surface area contributed by atoms with Crippen LogP contribution in [0.25, 0.3) is 5.69 Å². The Morgan fingerprint density at radius 1 is 1.03 bits per heavy atom. The van der Waals surface area contributed by atoms with Gasteiger partial charge in [0.15, 0.2) is 0 Å². The number of nitrogens with one attached hydrogen (secondary N) is 2. The van der Waals surface area contributed by atoms with Crippen LogP contribution in [0.3, 0.4) is 0 Å². The van der Waals surface area contributed by atoms with Crippen molar-refractivity contribution in [3.63, 3.8) is 0 Å². The number of carbonyl (C=O) groups excluding carboxylic acids is 2. The Labute approximate surface area is 169 Å². The molecule has 2 N–H and O–H groups in total. The van der Waals surface area contributed by atoms with Gasteiger partial charge in [0.2, 0.25) is 5.91 Å². The largest absolute Gasteiger partial charge is 0.495 e. The van der Waals surface area contributed by atoms with Crippen molar-refractivity contribution < 1.29 is 14.3 Å². The molecule has 0 atom stereocenters. The Morgan fingerprint density at radius 2 is 1.79 bits per heavy atom. The molecule has 1 aromatic heterocycles. The van der Waals surface area contributed by atoms with E-state index in [0.29, 0.717) is 22.7 Å². The van der Waals surface area contributed by atoms with Crippen molar-refractivity contribution >= 4 is 23.2 Å². The highest BCUT2D eigenvalue weighted by molar-refractivity contribution is 6.06.